The third-order valence-corrected chi connectivity index (χ3v) is 4.57. The molecule has 7 heteroatoms. The molecule has 2 aromatic rings. The Balaban J connectivity index is 1.78. The molecule has 1 N–H and O–H groups in total. The summed E-state index contributed by atoms with van der Waals surface area (Å²) in [5.41, 5.74) is 3.88. The Morgan fingerprint density at radius 3 is 2.39 bits per heavy atom. The summed E-state index contributed by atoms with van der Waals surface area (Å²) < 4.78 is 5.24. The van der Waals surface area contributed by atoms with Gasteiger partial charge in [0.25, 0.3) is 5.69 Å². The third kappa shape index (κ3) is 5.97. The maximum atomic E-state index is 12.0. The van der Waals surface area contributed by atoms with Crippen LogP contribution in [-0.2, 0) is 11.2 Å². The number of anilines is 2. The molecular weight excluding hydrogens is 358 g/mol. The van der Waals surface area contributed by atoms with E-state index in [0.29, 0.717) is 12.8 Å². The SMILES string of the molecule is CCN(CC)c1ccc(NC(=O)OCCCc2ccc([N+](=O)[O-])cc2)c(C)c1. The Labute approximate surface area is 165 Å². The van der Waals surface area contributed by atoms with E-state index in [0.717, 1.165) is 35.6 Å². The van der Waals surface area contributed by atoms with Gasteiger partial charge in [0.05, 0.1) is 11.5 Å². The topological polar surface area (TPSA) is 84.7 Å². The van der Waals surface area contributed by atoms with Crippen molar-refractivity contribution in [3.8, 4) is 0 Å². The number of ether oxygens (including phenoxy) is 1. The summed E-state index contributed by atoms with van der Waals surface area (Å²) >= 11 is 0. The van der Waals surface area contributed by atoms with Crippen LogP contribution in [0, 0.1) is 17.0 Å². The smallest absolute Gasteiger partial charge is 0.411 e. The quantitative estimate of drug-likeness (QED) is 0.376. The van der Waals surface area contributed by atoms with Crippen LogP contribution in [0.2, 0.25) is 0 Å². The lowest BCUT2D eigenvalue weighted by molar-refractivity contribution is -0.384. The third-order valence-electron chi connectivity index (χ3n) is 4.57. The molecule has 2 aromatic carbocycles. The van der Waals surface area contributed by atoms with Crippen molar-refractivity contribution in [1.82, 2.24) is 0 Å². The zero-order valence-electron chi connectivity index (χ0n) is 16.6. The van der Waals surface area contributed by atoms with E-state index in [1.807, 2.05) is 19.1 Å². The summed E-state index contributed by atoms with van der Waals surface area (Å²) in [6.07, 6.45) is 0.843. The standard InChI is InChI=1S/C21H27N3O4/c1-4-23(5-2)19-12-13-20(16(3)15-19)22-21(25)28-14-6-7-17-8-10-18(11-9-17)24(26)27/h8-13,15H,4-7,14H2,1-3H3,(H,22,25). The number of nitro benzene ring substituents is 1. The number of hydrogen-bond acceptors (Lipinski definition) is 5. The van der Waals surface area contributed by atoms with Crippen molar-refractivity contribution in [2.75, 3.05) is 29.9 Å². The highest BCUT2D eigenvalue weighted by Crippen LogP contribution is 2.23. The molecule has 150 valence electrons. The first-order valence-corrected chi connectivity index (χ1v) is 9.47. The minimum atomic E-state index is -0.484. The molecule has 0 bridgehead atoms. The Kier molecular flexibility index (Phi) is 7.80. The summed E-state index contributed by atoms with van der Waals surface area (Å²) in [6, 6.07) is 12.3. The molecular formula is C21H27N3O4. The Hall–Kier alpha value is -3.09. The molecule has 2 rings (SSSR count). The molecule has 0 unspecified atom stereocenters. The molecule has 0 fully saturated rings. The fourth-order valence-electron chi connectivity index (χ4n) is 2.95. The Morgan fingerprint density at radius 1 is 1.14 bits per heavy atom. The van der Waals surface area contributed by atoms with E-state index in [9.17, 15) is 14.9 Å². The lowest BCUT2D eigenvalue weighted by Gasteiger charge is -2.22. The van der Waals surface area contributed by atoms with E-state index in [2.05, 4.69) is 30.1 Å². The summed E-state index contributed by atoms with van der Waals surface area (Å²) in [5.74, 6) is 0. The maximum absolute atomic E-state index is 12.0. The minimum absolute atomic E-state index is 0.0711. The molecule has 1 amide bonds. The van der Waals surface area contributed by atoms with Gasteiger partial charge in [0, 0.05) is 36.6 Å². The molecule has 7 nitrogen and oxygen atoms in total. The van der Waals surface area contributed by atoms with Crippen LogP contribution < -0.4 is 10.2 Å². The van der Waals surface area contributed by atoms with Gasteiger partial charge in [0.2, 0.25) is 0 Å². The molecule has 0 aliphatic rings. The second-order valence-electron chi connectivity index (χ2n) is 6.46. The normalized spacial score (nSPS) is 10.4. The highest BCUT2D eigenvalue weighted by Gasteiger charge is 2.09. The summed E-state index contributed by atoms with van der Waals surface area (Å²) in [6.45, 7) is 8.31. The van der Waals surface area contributed by atoms with Crippen molar-refractivity contribution in [1.29, 1.82) is 0 Å². The molecule has 0 aliphatic carbocycles. The summed E-state index contributed by atoms with van der Waals surface area (Å²) in [5, 5.41) is 13.4. The van der Waals surface area contributed by atoms with Crippen LogP contribution in [0.5, 0.6) is 0 Å². The maximum Gasteiger partial charge on any atom is 0.411 e. The van der Waals surface area contributed by atoms with Crippen molar-refractivity contribution in [2.24, 2.45) is 0 Å². The van der Waals surface area contributed by atoms with Gasteiger partial charge in [-0.25, -0.2) is 4.79 Å². The zero-order chi connectivity index (χ0) is 20.5. The van der Waals surface area contributed by atoms with Crippen molar-refractivity contribution >= 4 is 23.2 Å². The van der Waals surface area contributed by atoms with Crippen LogP contribution in [-0.4, -0.2) is 30.7 Å². The molecule has 0 radical (unpaired) electrons. The first kappa shape index (κ1) is 21.2. The molecule has 0 saturated carbocycles. The highest BCUT2D eigenvalue weighted by molar-refractivity contribution is 5.86. The van der Waals surface area contributed by atoms with E-state index in [-0.39, 0.29) is 12.3 Å². The number of aryl methyl sites for hydroxylation is 2. The van der Waals surface area contributed by atoms with Crippen LogP contribution >= 0.6 is 0 Å². The first-order chi connectivity index (χ1) is 13.4. The number of rotatable bonds is 9. The average molecular weight is 385 g/mol. The van der Waals surface area contributed by atoms with Crippen molar-refractivity contribution in [3.05, 3.63) is 63.7 Å². The average Bonchev–Trinajstić information content (AvgIpc) is 2.68. The van der Waals surface area contributed by atoms with Crippen molar-refractivity contribution in [2.45, 2.75) is 33.6 Å². The molecule has 0 aliphatic heterocycles. The van der Waals surface area contributed by atoms with Gasteiger partial charge in [0.1, 0.15) is 0 Å². The number of benzene rings is 2. The van der Waals surface area contributed by atoms with Crippen LogP contribution in [0.4, 0.5) is 21.9 Å². The number of nitrogens with one attached hydrogen (secondary N) is 1. The first-order valence-electron chi connectivity index (χ1n) is 9.47. The molecule has 0 heterocycles. The lowest BCUT2D eigenvalue weighted by atomic mass is 10.1. The van der Waals surface area contributed by atoms with E-state index < -0.39 is 11.0 Å². The van der Waals surface area contributed by atoms with E-state index >= 15 is 0 Å². The minimum Gasteiger partial charge on any atom is -0.449 e. The second kappa shape index (κ2) is 10.3. The van der Waals surface area contributed by atoms with Crippen molar-refractivity contribution in [3.63, 3.8) is 0 Å². The van der Waals surface area contributed by atoms with Crippen LogP contribution in [0.3, 0.4) is 0 Å². The molecule has 0 saturated heterocycles. The fourth-order valence-corrected chi connectivity index (χ4v) is 2.95. The zero-order valence-corrected chi connectivity index (χ0v) is 16.6. The van der Waals surface area contributed by atoms with Gasteiger partial charge in [0.15, 0.2) is 0 Å². The van der Waals surface area contributed by atoms with Gasteiger partial charge in [-0.1, -0.05) is 12.1 Å². The van der Waals surface area contributed by atoms with Gasteiger partial charge in [-0.15, -0.1) is 0 Å². The number of hydrogen-bond donors (Lipinski definition) is 1. The molecule has 28 heavy (non-hydrogen) atoms. The summed E-state index contributed by atoms with van der Waals surface area (Å²) in [4.78, 5) is 24.5. The van der Waals surface area contributed by atoms with Crippen LogP contribution in [0.1, 0.15) is 31.4 Å². The second-order valence-corrected chi connectivity index (χ2v) is 6.46. The van der Waals surface area contributed by atoms with Crippen LogP contribution in [0.25, 0.3) is 0 Å². The van der Waals surface area contributed by atoms with Gasteiger partial charge in [-0.3, -0.25) is 15.4 Å². The number of nitrogens with zero attached hydrogens (tertiary/aromatic N) is 2. The van der Waals surface area contributed by atoms with E-state index in [4.69, 9.17) is 4.74 Å². The van der Waals surface area contributed by atoms with Crippen molar-refractivity contribution < 1.29 is 14.5 Å². The van der Waals surface area contributed by atoms with Crippen LogP contribution in [0.15, 0.2) is 42.5 Å². The number of carbonyl (C=O) groups excluding carboxylic acids is 1. The number of non-ortho nitro benzene ring substituents is 1. The number of carbonyl (C=O) groups is 1. The monoisotopic (exact) mass is 385 g/mol. The number of nitro groups is 1. The van der Waals surface area contributed by atoms with Gasteiger partial charge >= 0.3 is 6.09 Å². The molecule has 0 atom stereocenters. The lowest BCUT2D eigenvalue weighted by Crippen LogP contribution is -2.22. The predicted octanol–water partition coefficient (Wildman–Crippen LogP) is 4.93. The summed E-state index contributed by atoms with van der Waals surface area (Å²) in [7, 11) is 0. The largest absolute Gasteiger partial charge is 0.449 e. The van der Waals surface area contributed by atoms with Gasteiger partial charge < -0.3 is 9.64 Å². The Bertz CT molecular complexity index is 802. The Morgan fingerprint density at radius 2 is 1.82 bits per heavy atom. The van der Waals surface area contributed by atoms with Gasteiger partial charge in [-0.2, -0.15) is 0 Å². The van der Waals surface area contributed by atoms with Gasteiger partial charge in [-0.05, 0) is 62.9 Å². The molecule has 0 aromatic heterocycles. The number of amides is 1. The fraction of sp³-hybridized carbons (Fsp3) is 0.381. The molecule has 0 spiro atoms. The van der Waals surface area contributed by atoms with E-state index in [1.54, 1.807) is 12.1 Å². The van der Waals surface area contributed by atoms with E-state index in [1.165, 1.54) is 12.1 Å². The highest BCUT2D eigenvalue weighted by atomic mass is 16.6. The predicted molar refractivity (Wildman–Crippen MR) is 111 cm³/mol.